The predicted molar refractivity (Wildman–Crippen MR) is 58.3 cm³/mol. The van der Waals surface area contributed by atoms with Crippen molar-refractivity contribution in [1.29, 1.82) is 0 Å². The summed E-state index contributed by atoms with van der Waals surface area (Å²) in [7, 11) is 0. The molecule has 1 aromatic carbocycles. The smallest absolute Gasteiger partial charge is 0.411 e. The summed E-state index contributed by atoms with van der Waals surface area (Å²) in [5.74, 6) is 0.672. The molecular formula is C12H15F3O2. The molecule has 0 bridgehead atoms. The largest absolute Gasteiger partial charge is 0.491 e. The van der Waals surface area contributed by atoms with E-state index in [2.05, 4.69) is 4.74 Å². The Morgan fingerprint density at radius 1 is 1.12 bits per heavy atom. The highest BCUT2D eigenvalue weighted by Crippen LogP contribution is 2.18. The van der Waals surface area contributed by atoms with E-state index < -0.39 is 12.8 Å². The second kappa shape index (κ2) is 5.91. The van der Waals surface area contributed by atoms with Crippen LogP contribution in [0.15, 0.2) is 18.2 Å². The highest BCUT2D eigenvalue weighted by atomic mass is 19.4. The summed E-state index contributed by atoms with van der Waals surface area (Å²) >= 11 is 0. The van der Waals surface area contributed by atoms with Gasteiger partial charge >= 0.3 is 6.18 Å². The van der Waals surface area contributed by atoms with Gasteiger partial charge in [-0.3, -0.25) is 0 Å². The van der Waals surface area contributed by atoms with Crippen molar-refractivity contribution >= 4 is 0 Å². The molecule has 5 heteroatoms. The van der Waals surface area contributed by atoms with Gasteiger partial charge in [0.15, 0.2) is 0 Å². The van der Waals surface area contributed by atoms with E-state index in [-0.39, 0.29) is 13.2 Å². The summed E-state index contributed by atoms with van der Waals surface area (Å²) < 4.78 is 45.0. The molecule has 0 N–H and O–H groups in total. The SMILES string of the molecule is Cc1ccc(OCCOCC(F)(F)F)c(C)c1. The van der Waals surface area contributed by atoms with Crippen LogP contribution in [0.3, 0.4) is 0 Å². The zero-order chi connectivity index (χ0) is 12.9. The van der Waals surface area contributed by atoms with E-state index in [0.29, 0.717) is 5.75 Å². The van der Waals surface area contributed by atoms with E-state index >= 15 is 0 Å². The van der Waals surface area contributed by atoms with Crippen molar-refractivity contribution in [2.75, 3.05) is 19.8 Å². The molecule has 0 heterocycles. The third-order valence-electron chi connectivity index (χ3n) is 2.08. The molecule has 0 saturated heterocycles. The van der Waals surface area contributed by atoms with Gasteiger partial charge < -0.3 is 9.47 Å². The first-order valence-electron chi connectivity index (χ1n) is 5.23. The molecule has 0 saturated carbocycles. The summed E-state index contributed by atoms with van der Waals surface area (Å²) in [6.45, 7) is 2.65. The maximum absolute atomic E-state index is 11.7. The Morgan fingerprint density at radius 3 is 2.41 bits per heavy atom. The van der Waals surface area contributed by atoms with Crippen molar-refractivity contribution in [2.45, 2.75) is 20.0 Å². The number of alkyl halides is 3. The lowest BCUT2D eigenvalue weighted by atomic mass is 10.1. The van der Waals surface area contributed by atoms with Crippen molar-refractivity contribution in [3.63, 3.8) is 0 Å². The van der Waals surface area contributed by atoms with Crippen LogP contribution in [-0.4, -0.2) is 26.0 Å². The van der Waals surface area contributed by atoms with E-state index in [0.717, 1.165) is 11.1 Å². The van der Waals surface area contributed by atoms with Crippen molar-refractivity contribution in [3.05, 3.63) is 29.3 Å². The maximum Gasteiger partial charge on any atom is 0.411 e. The Kier molecular flexibility index (Phi) is 4.81. The summed E-state index contributed by atoms with van der Waals surface area (Å²) in [6.07, 6.45) is -4.28. The number of benzene rings is 1. The van der Waals surface area contributed by atoms with Gasteiger partial charge in [0.1, 0.15) is 19.0 Å². The number of hydrogen-bond donors (Lipinski definition) is 0. The van der Waals surface area contributed by atoms with Gasteiger partial charge in [0.2, 0.25) is 0 Å². The van der Waals surface area contributed by atoms with Gasteiger partial charge in [-0.1, -0.05) is 17.7 Å². The molecule has 0 atom stereocenters. The second-order valence-corrected chi connectivity index (χ2v) is 3.79. The summed E-state index contributed by atoms with van der Waals surface area (Å²) in [5, 5.41) is 0. The molecule has 2 nitrogen and oxygen atoms in total. The standard InChI is InChI=1S/C12H15F3O2/c1-9-3-4-11(10(2)7-9)17-6-5-16-8-12(13,14)15/h3-4,7H,5-6,8H2,1-2H3. The van der Waals surface area contributed by atoms with Gasteiger partial charge in [-0.2, -0.15) is 13.2 Å². The average molecular weight is 248 g/mol. The van der Waals surface area contributed by atoms with Gasteiger partial charge in [-0.15, -0.1) is 0 Å². The van der Waals surface area contributed by atoms with Crippen LogP contribution in [0.25, 0.3) is 0 Å². The van der Waals surface area contributed by atoms with Crippen LogP contribution in [0.5, 0.6) is 5.75 Å². The Bertz CT molecular complexity index is 361. The number of rotatable bonds is 5. The summed E-state index contributed by atoms with van der Waals surface area (Å²) in [4.78, 5) is 0. The molecule has 0 aliphatic carbocycles. The van der Waals surface area contributed by atoms with Gasteiger partial charge in [-0.25, -0.2) is 0 Å². The van der Waals surface area contributed by atoms with Gasteiger partial charge in [0, 0.05) is 0 Å². The zero-order valence-electron chi connectivity index (χ0n) is 9.80. The molecule has 0 fully saturated rings. The van der Waals surface area contributed by atoms with Gasteiger partial charge in [-0.05, 0) is 25.5 Å². The van der Waals surface area contributed by atoms with Crippen LogP contribution >= 0.6 is 0 Å². The second-order valence-electron chi connectivity index (χ2n) is 3.79. The molecule has 17 heavy (non-hydrogen) atoms. The highest BCUT2D eigenvalue weighted by molar-refractivity contribution is 5.35. The third kappa shape index (κ3) is 5.58. The predicted octanol–water partition coefficient (Wildman–Crippen LogP) is 3.26. The minimum Gasteiger partial charge on any atom is -0.491 e. The quantitative estimate of drug-likeness (QED) is 0.744. The molecular weight excluding hydrogens is 233 g/mol. The van der Waals surface area contributed by atoms with Crippen LogP contribution < -0.4 is 4.74 Å². The minimum atomic E-state index is -4.28. The maximum atomic E-state index is 11.7. The Morgan fingerprint density at radius 2 is 1.82 bits per heavy atom. The van der Waals surface area contributed by atoms with Crippen LogP contribution in [0.1, 0.15) is 11.1 Å². The molecule has 0 unspecified atom stereocenters. The lowest BCUT2D eigenvalue weighted by molar-refractivity contribution is -0.175. The molecule has 0 aliphatic rings. The number of hydrogen-bond acceptors (Lipinski definition) is 2. The number of ether oxygens (including phenoxy) is 2. The van der Waals surface area contributed by atoms with E-state index in [1.165, 1.54) is 0 Å². The molecule has 1 aromatic rings. The van der Waals surface area contributed by atoms with Crippen LogP contribution in [0.4, 0.5) is 13.2 Å². The fraction of sp³-hybridized carbons (Fsp3) is 0.500. The lowest BCUT2D eigenvalue weighted by Crippen LogP contribution is -2.19. The summed E-state index contributed by atoms with van der Waals surface area (Å²) in [6, 6.07) is 5.64. The van der Waals surface area contributed by atoms with E-state index in [9.17, 15) is 13.2 Å². The molecule has 0 spiro atoms. The van der Waals surface area contributed by atoms with Gasteiger partial charge in [0.05, 0.1) is 6.61 Å². The van der Waals surface area contributed by atoms with E-state index in [1.807, 2.05) is 26.0 Å². The van der Waals surface area contributed by atoms with Crippen molar-refractivity contribution in [3.8, 4) is 5.75 Å². The molecule has 0 aromatic heterocycles. The first kappa shape index (κ1) is 13.8. The van der Waals surface area contributed by atoms with Crippen molar-refractivity contribution in [1.82, 2.24) is 0 Å². The molecule has 0 radical (unpaired) electrons. The molecule has 1 rings (SSSR count). The minimum absolute atomic E-state index is 0.0766. The number of halogens is 3. The van der Waals surface area contributed by atoms with Crippen LogP contribution in [0.2, 0.25) is 0 Å². The average Bonchev–Trinajstić information content (AvgIpc) is 2.18. The normalized spacial score (nSPS) is 11.6. The lowest BCUT2D eigenvalue weighted by Gasteiger charge is -2.11. The molecule has 96 valence electrons. The Balaban J connectivity index is 2.27. The van der Waals surface area contributed by atoms with Gasteiger partial charge in [0.25, 0.3) is 0 Å². The Hall–Kier alpha value is -1.23. The third-order valence-corrected chi connectivity index (χ3v) is 2.08. The highest BCUT2D eigenvalue weighted by Gasteiger charge is 2.27. The number of aryl methyl sites for hydroxylation is 2. The Labute approximate surface area is 98.3 Å². The first-order valence-corrected chi connectivity index (χ1v) is 5.23. The zero-order valence-corrected chi connectivity index (χ0v) is 9.80. The van der Waals surface area contributed by atoms with E-state index in [1.54, 1.807) is 6.07 Å². The van der Waals surface area contributed by atoms with Crippen LogP contribution in [-0.2, 0) is 4.74 Å². The van der Waals surface area contributed by atoms with E-state index in [4.69, 9.17) is 4.74 Å². The fourth-order valence-corrected chi connectivity index (χ4v) is 1.36. The molecule has 0 amide bonds. The topological polar surface area (TPSA) is 18.5 Å². The monoisotopic (exact) mass is 248 g/mol. The first-order chi connectivity index (χ1) is 7.88. The fourth-order valence-electron chi connectivity index (χ4n) is 1.36. The van der Waals surface area contributed by atoms with Crippen molar-refractivity contribution in [2.24, 2.45) is 0 Å². The van der Waals surface area contributed by atoms with Crippen molar-refractivity contribution < 1.29 is 22.6 Å². The summed E-state index contributed by atoms with van der Waals surface area (Å²) in [5.41, 5.74) is 2.07. The molecule has 0 aliphatic heterocycles. The van der Waals surface area contributed by atoms with Crippen LogP contribution in [0, 0.1) is 13.8 Å².